The van der Waals surface area contributed by atoms with E-state index < -0.39 is 11.6 Å². The third-order valence-electron chi connectivity index (χ3n) is 1.95. The number of carbonyl (C=O) groups is 1. The molecule has 0 radical (unpaired) electrons. The van der Waals surface area contributed by atoms with Crippen molar-refractivity contribution in [3.8, 4) is 0 Å². The van der Waals surface area contributed by atoms with Crippen LogP contribution in [0.4, 0.5) is 4.39 Å². The summed E-state index contributed by atoms with van der Waals surface area (Å²) in [7, 11) is 0. The number of allylic oxidation sites excluding steroid dienone is 1. The number of Topliss-reactive ketones (excluding diaryl/α,β-unsaturated/α-hetero) is 1. The van der Waals surface area contributed by atoms with Crippen molar-refractivity contribution in [3.63, 3.8) is 0 Å². The van der Waals surface area contributed by atoms with Crippen LogP contribution >= 0.6 is 0 Å². The van der Waals surface area contributed by atoms with Crippen LogP contribution in [0.5, 0.6) is 0 Å². The van der Waals surface area contributed by atoms with Gasteiger partial charge in [-0.25, -0.2) is 4.39 Å². The minimum atomic E-state index is -0.617. The summed E-state index contributed by atoms with van der Waals surface area (Å²) in [6.07, 6.45) is 4.77. The molecule has 1 aromatic rings. The molecule has 0 saturated heterocycles. The van der Waals surface area contributed by atoms with Crippen LogP contribution in [0.25, 0.3) is 0 Å². The van der Waals surface area contributed by atoms with Gasteiger partial charge < -0.3 is 4.74 Å². The number of hydrogen-bond acceptors (Lipinski definition) is 3. The van der Waals surface area contributed by atoms with E-state index in [0.29, 0.717) is 13.0 Å². The molecule has 0 atom stereocenters. The van der Waals surface area contributed by atoms with Crippen molar-refractivity contribution in [1.82, 2.24) is 4.98 Å². The molecule has 3 nitrogen and oxygen atoms in total. The second kappa shape index (κ2) is 3.57. The van der Waals surface area contributed by atoms with Crippen LogP contribution in [0.1, 0.15) is 16.8 Å². The lowest BCUT2D eigenvalue weighted by Crippen LogP contribution is -2.06. The molecule has 1 aliphatic heterocycles. The second-order valence-electron chi connectivity index (χ2n) is 2.89. The summed E-state index contributed by atoms with van der Waals surface area (Å²) in [6.45, 7) is 0.494. The molecule has 0 amide bonds. The first-order chi connectivity index (χ1) is 6.79. The maximum atomic E-state index is 13.1. The highest BCUT2D eigenvalue weighted by Crippen LogP contribution is 2.16. The Morgan fingerprint density at radius 2 is 2.43 bits per heavy atom. The van der Waals surface area contributed by atoms with Crippen LogP contribution in [-0.4, -0.2) is 17.4 Å². The summed E-state index contributed by atoms with van der Waals surface area (Å²) in [5, 5.41) is 0. The largest absolute Gasteiger partial charge is 0.489 e. The van der Waals surface area contributed by atoms with E-state index in [0.717, 1.165) is 6.20 Å². The quantitative estimate of drug-likeness (QED) is 0.671. The van der Waals surface area contributed by atoms with Gasteiger partial charge in [0.05, 0.1) is 18.4 Å². The Labute approximate surface area is 80.2 Å². The van der Waals surface area contributed by atoms with Gasteiger partial charge in [0.2, 0.25) is 5.78 Å². The molecular formula is C10H8FNO2. The van der Waals surface area contributed by atoms with Gasteiger partial charge in [-0.3, -0.25) is 9.78 Å². The second-order valence-corrected chi connectivity index (χ2v) is 2.89. The molecule has 0 fully saturated rings. The lowest BCUT2D eigenvalue weighted by molar-refractivity contribution is 0.0938. The average molecular weight is 193 g/mol. The van der Waals surface area contributed by atoms with E-state index in [1.165, 1.54) is 12.3 Å². The number of rotatable bonds is 2. The van der Waals surface area contributed by atoms with Gasteiger partial charge >= 0.3 is 0 Å². The number of carbonyl (C=O) groups excluding carboxylic acids is 1. The molecule has 4 heteroatoms. The van der Waals surface area contributed by atoms with Crippen molar-refractivity contribution in [2.45, 2.75) is 6.42 Å². The lowest BCUT2D eigenvalue weighted by Gasteiger charge is -2.02. The molecule has 2 heterocycles. The molecule has 0 bridgehead atoms. The Balaban J connectivity index is 2.31. The van der Waals surface area contributed by atoms with Crippen LogP contribution in [0, 0.1) is 5.82 Å². The van der Waals surface area contributed by atoms with Crippen LogP contribution in [0.2, 0.25) is 0 Å². The van der Waals surface area contributed by atoms with Gasteiger partial charge in [0.1, 0.15) is 0 Å². The molecule has 72 valence electrons. The topological polar surface area (TPSA) is 39.2 Å². The standard InChI is InChI=1S/C10H8FNO2/c11-8-6-12-4-3-7(8)10(13)9-2-1-5-14-9/h2-4,6H,1,5H2. The van der Waals surface area contributed by atoms with E-state index in [-0.39, 0.29) is 11.3 Å². The van der Waals surface area contributed by atoms with Gasteiger partial charge in [0, 0.05) is 12.6 Å². The summed E-state index contributed by atoms with van der Waals surface area (Å²) in [5.41, 5.74) is 0.00755. The summed E-state index contributed by atoms with van der Waals surface area (Å²) in [6, 6.07) is 1.35. The van der Waals surface area contributed by atoms with E-state index >= 15 is 0 Å². The van der Waals surface area contributed by atoms with Crippen LogP contribution in [0.3, 0.4) is 0 Å². The van der Waals surface area contributed by atoms with Gasteiger partial charge in [-0.15, -0.1) is 0 Å². The zero-order chi connectivity index (χ0) is 9.97. The Hall–Kier alpha value is -1.71. The predicted molar refractivity (Wildman–Crippen MR) is 47.2 cm³/mol. The molecule has 0 unspecified atom stereocenters. The maximum absolute atomic E-state index is 13.1. The predicted octanol–water partition coefficient (Wildman–Crippen LogP) is 1.71. The monoisotopic (exact) mass is 193 g/mol. The number of aromatic nitrogens is 1. The van der Waals surface area contributed by atoms with Crippen LogP contribution in [0.15, 0.2) is 30.3 Å². The third kappa shape index (κ3) is 1.51. The summed E-state index contributed by atoms with van der Waals surface area (Å²) in [5.74, 6) is -0.800. The van der Waals surface area contributed by atoms with E-state index in [9.17, 15) is 9.18 Å². The van der Waals surface area contributed by atoms with Crippen LogP contribution < -0.4 is 0 Å². The van der Waals surface area contributed by atoms with Gasteiger partial charge in [-0.1, -0.05) is 0 Å². The fourth-order valence-corrected chi connectivity index (χ4v) is 1.27. The van der Waals surface area contributed by atoms with E-state index in [1.807, 2.05) is 0 Å². The minimum Gasteiger partial charge on any atom is -0.489 e. The van der Waals surface area contributed by atoms with Crippen molar-refractivity contribution < 1.29 is 13.9 Å². The molecular weight excluding hydrogens is 185 g/mol. The van der Waals surface area contributed by atoms with Gasteiger partial charge in [-0.05, 0) is 12.1 Å². The number of ether oxygens (including phenoxy) is 1. The van der Waals surface area contributed by atoms with Gasteiger partial charge in [0.15, 0.2) is 11.6 Å². The highest BCUT2D eigenvalue weighted by Gasteiger charge is 2.19. The molecule has 1 aliphatic rings. The third-order valence-corrected chi connectivity index (χ3v) is 1.95. The molecule has 0 spiro atoms. The first-order valence-corrected chi connectivity index (χ1v) is 4.26. The molecule has 0 saturated carbocycles. The van der Waals surface area contributed by atoms with Crippen molar-refractivity contribution in [3.05, 3.63) is 41.7 Å². The summed E-state index contributed by atoms with van der Waals surface area (Å²) < 4.78 is 18.2. The first kappa shape index (κ1) is 8.87. The number of nitrogens with zero attached hydrogens (tertiary/aromatic N) is 1. The Bertz CT molecular complexity index is 401. The number of halogens is 1. The fourth-order valence-electron chi connectivity index (χ4n) is 1.27. The summed E-state index contributed by atoms with van der Waals surface area (Å²) in [4.78, 5) is 15.2. The fraction of sp³-hybridized carbons (Fsp3) is 0.200. The van der Waals surface area contributed by atoms with E-state index in [2.05, 4.69) is 4.98 Å². The Morgan fingerprint density at radius 1 is 1.57 bits per heavy atom. The van der Waals surface area contributed by atoms with E-state index in [1.54, 1.807) is 6.08 Å². The highest BCUT2D eigenvalue weighted by molar-refractivity contribution is 6.07. The van der Waals surface area contributed by atoms with Crippen molar-refractivity contribution in [2.75, 3.05) is 6.61 Å². The zero-order valence-electron chi connectivity index (χ0n) is 7.37. The Morgan fingerprint density at radius 3 is 3.07 bits per heavy atom. The number of hydrogen-bond donors (Lipinski definition) is 0. The van der Waals surface area contributed by atoms with Gasteiger partial charge in [0.25, 0.3) is 0 Å². The first-order valence-electron chi connectivity index (χ1n) is 4.26. The minimum absolute atomic E-state index is 0.00755. The molecule has 1 aromatic heterocycles. The summed E-state index contributed by atoms with van der Waals surface area (Å²) >= 11 is 0. The van der Waals surface area contributed by atoms with Crippen molar-refractivity contribution >= 4 is 5.78 Å². The molecule has 2 rings (SSSR count). The zero-order valence-corrected chi connectivity index (χ0v) is 7.37. The average Bonchev–Trinajstić information content (AvgIpc) is 2.70. The SMILES string of the molecule is O=C(C1=CCCO1)c1ccncc1F. The highest BCUT2D eigenvalue weighted by atomic mass is 19.1. The maximum Gasteiger partial charge on any atom is 0.230 e. The molecule has 14 heavy (non-hydrogen) atoms. The number of pyridine rings is 1. The molecule has 0 N–H and O–H groups in total. The smallest absolute Gasteiger partial charge is 0.230 e. The van der Waals surface area contributed by atoms with E-state index in [4.69, 9.17) is 4.74 Å². The number of ketones is 1. The van der Waals surface area contributed by atoms with Crippen molar-refractivity contribution in [1.29, 1.82) is 0 Å². The van der Waals surface area contributed by atoms with Gasteiger partial charge in [-0.2, -0.15) is 0 Å². The Kier molecular flexibility index (Phi) is 2.26. The van der Waals surface area contributed by atoms with Crippen molar-refractivity contribution in [2.24, 2.45) is 0 Å². The molecule has 0 aliphatic carbocycles. The molecule has 0 aromatic carbocycles. The normalized spacial score (nSPS) is 14.8. The van der Waals surface area contributed by atoms with Crippen LogP contribution in [-0.2, 0) is 4.74 Å². The lowest BCUT2D eigenvalue weighted by atomic mass is 10.1.